The highest BCUT2D eigenvalue weighted by Crippen LogP contribution is 2.56. The van der Waals surface area contributed by atoms with Gasteiger partial charge in [-0.15, -0.1) is 0 Å². The summed E-state index contributed by atoms with van der Waals surface area (Å²) in [5.74, 6) is 1.75. The van der Waals surface area contributed by atoms with Crippen LogP contribution in [0.2, 0.25) is 0 Å². The molecule has 0 N–H and O–H groups in total. The lowest BCUT2D eigenvalue weighted by Crippen LogP contribution is -2.64. The summed E-state index contributed by atoms with van der Waals surface area (Å²) in [5, 5.41) is 0. The molecule has 4 fully saturated rings. The van der Waals surface area contributed by atoms with E-state index in [9.17, 15) is 0 Å². The van der Waals surface area contributed by atoms with E-state index in [1.807, 2.05) is 11.8 Å². The van der Waals surface area contributed by atoms with Crippen LogP contribution in [0.4, 0.5) is 56.9 Å². The number of hydrogen-bond donors (Lipinski definition) is 0. The summed E-state index contributed by atoms with van der Waals surface area (Å²) >= 11 is 2.01. The van der Waals surface area contributed by atoms with E-state index in [2.05, 4.69) is 216 Å². The van der Waals surface area contributed by atoms with Gasteiger partial charge in [-0.25, -0.2) is 0 Å². The summed E-state index contributed by atoms with van der Waals surface area (Å²) in [6.07, 6.45) is 5.47. The molecule has 0 spiro atoms. The Kier molecular flexibility index (Phi) is 8.05. The SMILES string of the molecule is CC(C)(C)c1cc2c3c(c1)N(c1ccccc1)c1cc4c(cc1B3c1ccccc1N2c1ccccc1)B1c2ccccc2N(c2ccccc2)c2cc(N3C5CC6CC(C5)C3C6)cc(c21)S4. The fourth-order valence-corrected chi connectivity index (χ4v) is 15.2. The first-order chi connectivity index (χ1) is 32.9. The third-order valence-corrected chi connectivity index (χ3v) is 17.8. The van der Waals surface area contributed by atoms with Gasteiger partial charge in [-0.05, 0) is 155 Å². The minimum Gasteiger partial charge on any atom is -0.365 e. The molecule has 0 amide bonds. The highest BCUT2D eigenvalue weighted by molar-refractivity contribution is 8.00. The minimum atomic E-state index is -0.0793. The molecule has 2 aliphatic carbocycles. The molecule has 16 rings (SSSR count). The maximum absolute atomic E-state index is 2.89. The molecule has 2 saturated carbocycles. The van der Waals surface area contributed by atoms with Crippen molar-refractivity contribution in [2.75, 3.05) is 19.6 Å². The quantitative estimate of drug-likeness (QED) is 0.163. The van der Waals surface area contributed by atoms with E-state index in [0.29, 0.717) is 12.1 Å². The Labute approximate surface area is 399 Å². The van der Waals surface area contributed by atoms with Crippen molar-refractivity contribution in [2.45, 2.75) is 73.7 Å². The summed E-state index contributed by atoms with van der Waals surface area (Å²) in [5.41, 5.74) is 22.3. The lowest BCUT2D eigenvalue weighted by Gasteiger charge is -2.46. The number of anilines is 10. The lowest BCUT2D eigenvalue weighted by atomic mass is 9.31. The Morgan fingerprint density at radius 3 is 1.55 bits per heavy atom. The van der Waals surface area contributed by atoms with E-state index in [0.717, 1.165) is 11.8 Å². The summed E-state index contributed by atoms with van der Waals surface area (Å²) in [7, 11) is 0. The monoisotopic (exact) mass is 880 g/mol. The van der Waals surface area contributed by atoms with Crippen molar-refractivity contribution in [3.8, 4) is 0 Å². The Hall–Kier alpha value is -6.56. The smallest absolute Gasteiger partial charge is 0.252 e. The molecule has 8 aromatic carbocycles. The molecule has 8 aliphatic rings. The fraction of sp³-hybridized carbons (Fsp3) is 0.200. The Balaban J connectivity index is 1.01. The van der Waals surface area contributed by atoms with Crippen molar-refractivity contribution in [3.63, 3.8) is 0 Å². The van der Waals surface area contributed by atoms with E-state index >= 15 is 0 Å². The van der Waals surface area contributed by atoms with Gasteiger partial charge in [-0.3, -0.25) is 0 Å². The molecule has 4 unspecified atom stereocenters. The van der Waals surface area contributed by atoms with Crippen LogP contribution in [0.3, 0.4) is 0 Å². The van der Waals surface area contributed by atoms with Crippen LogP contribution in [0.5, 0.6) is 0 Å². The number of nitrogens with zero attached hydrogens (tertiary/aromatic N) is 4. The van der Waals surface area contributed by atoms with Crippen molar-refractivity contribution in [2.24, 2.45) is 11.8 Å². The molecular weight excluding hydrogens is 830 g/mol. The molecule has 8 aromatic rings. The maximum Gasteiger partial charge on any atom is 0.252 e. The van der Waals surface area contributed by atoms with Crippen LogP contribution < -0.4 is 52.4 Å². The highest BCUT2D eigenvalue weighted by atomic mass is 32.2. The van der Waals surface area contributed by atoms with Crippen LogP contribution in [0.1, 0.15) is 52.0 Å². The molecular formula is C60H50B2N4S. The molecule has 322 valence electrons. The van der Waals surface area contributed by atoms with Crippen molar-refractivity contribution < 1.29 is 0 Å². The lowest BCUT2D eigenvalue weighted by molar-refractivity contribution is 0.340. The predicted octanol–water partition coefficient (Wildman–Crippen LogP) is 11.2. The average Bonchev–Trinajstić information content (AvgIpc) is 3.78. The van der Waals surface area contributed by atoms with Gasteiger partial charge in [0.15, 0.2) is 0 Å². The summed E-state index contributed by atoms with van der Waals surface area (Å²) in [4.78, 5) is 13.4. The van der Waals surface area contributed by atoms with Gasteiger partial charge in [-0.1, -0.05) is 135 Å². The van der Waals surface area contributed by atoms with E-state index in [1.54, 1.807) is 0 Å². The normalized spacial score (nSPS) is 20.9. The molecule has 0 aromatic heterocycles. The van der Waals surface area contributed by atoms with Gasteiger partial charge < -0.3 is 19.6 Å². The molecule has 6 aliphatic heterocycles. The molecule has 67 heavy (non-hydrogen) atoms. The van der Waals surface area contributed by atoms with Gasteiger partial charge in [0.05, 0.1) is 0 Å². The zero-order valence-electron chi connectivity index (χ0n) is 38.2. The van der Waals surface area contributed by atoms with Crippen LogP contribution in [0, 0.1) is 11.8 Å². The number of benzene rings is 8. The van der Waals surface area contributed by atoms with Crippen LogP contribution in [0.15, 0.2) is 186 Å². The molecule has 0 radical (unpaired) electrons. The number of piperidine rings is 1. The zero-order chi connectivity index (χ0) is 44.3. The van der Waals surface area contributed by atoms with Crippen molar-refractivity contribution in [1.82, 2.24) is 0 Å². The van der Waals surface area contributed by atoms with Gasteiger partial charge >= 0.3 is 0 Å². The molecule has 4 bridgehead atoms. The molecule has 2 saturated heterocycles. The van der Waals surface area contributed by atoms with Gasteiger partial charge in [0.25, 0.3) is 6.71 Å². The minimum absolute atomic E-state index is 0.0316. The summed E-state index contributed by atoms with van der Waals surface area (Å²) in [6.45, 7) is 7.19. The predicted molar refractivity (Wildman–Crippen MR) is 285 cm³/mol. The number of para-hydroxylation sites is 5. The molecule has 6 heterocycles. The Bertz CT molecular complexity index is 3350. The number of rotatable bonds is 4. The first-order valence-electron chi connectivity index (χ1n) is 24.6. The maximum atomic E-state index is 2.89. The fourth-order valence-electron chi connectivity index (χ4n) is 14.0. The second kappa shape index (κ2) is 14.0. The van der Waals surface area contributed by atoms with Gasteiger partial charge in [-0.2, -0.15) is 0 Å². The topological polar surface area (TPSA) is 13.0 Å². The standard InChI is InChI=1S/C60H50B2N4S/c1-60(2,3)39-31-53-58-54(32-39)66(42-21-11-6-12-22-42)52-36-56-48(35-47(52)61(58)45-23-13-15-25-49(45)64(53)40-17-7-4-8-18-40)62-46-24-14-16-26-50(46)65(41-19-9-5-10-20-41)55-33-44(34-57(67-56)59(55)62)63-43-28-37-27-38(30-43)51(63)29-37/h4-26,31-38,43,51H,27-30H2,1-3H3. The largest absolute Gasteiger partial charge is 0.365 e. The number of fused-ring (bicyclic) bond motifs is 8. The van der Waals surface area contributed by atoms with Crippen molar-refractivity contribution in [3.05, 3.63) is 181 Å². The third kappa shape index (κ3) is 5.46. The third-order valence-electron chi connectivity index (χ3n) is 16.7. The van der Waals surface area contributed by atoms with Crippen LogP contribution in [0.25, 0.3) is 0 Å². The van der Waals surface area contributed by atoms with E-state index in [-0.39, 0.29) is 18.8 Å². The molecule has 4 nitrogen and oxygen atoms in total. The van der Waals surface area contributed by atoms with Gasteiger partial charge in [0.2, 0.25) is 6.71 Å². The van der Waals surface area contributed by atoms with E-state index in [4.69, 9.17) is 0 Å². The molecule has 4 atom stereocenters. The van der Waals surface area contributed by atoms with Gasteiger partial charge in [0.1, 0.15) is 0 Å². The Morgan fingerprint density at radius 1 is 0.433 bits per heavy atom. The highest BCUT2D eigenvalue weighted by Gasteiger charge is 2.53. The second-order valence-corrected chi connectivity index (χ2v) is 22.4. The molecule has 7 heteroatoms. The van der Waals surface area contributed by atoms with E-state index < -0.39 is 0 Å². The van der Waals surface area contributed by atoms with Crippen LogP contribution in [-0.2, 0) is 5.41 Å². The van der Waals surface area contributed by atoms with Crippen LogP contribution in [-0.4, -0.2) is 25.5 Å². The van der Waals surface area contributed by atoms with Gasteiger partial charge in [0, 0.05) is 78.7 Å². The van der Waals surface area contributed by atoms with Crippen molar-refractivity contribution >= 4 is 115 Å². The first kappa shape index (κ1) is 38.5. The zero-order valence-corrected chi connectivity index (χ0v) is 39.0. The van der Waals surface area contributed by atoms with Crippen LogP contribution >= 0.6 is 11.8 Å². The first-order valence-corrected chi connectivity index (χ1v) is 25.4. The van der Waals surface area contributed by atoms with E-state index in [1.165, 1.54) is 131 Å². The Morgan fingerprint density at radius 2 is 0.970 bits per heavy atom. The number of hydrogen-bond acceptors (Lipinski definition) is 5. The summed E-state index contributed by atoms with van der Waals surface area (Å²) < 4.78 is 0. The average molecular weight is 881 g/mol. The van der Waals surface area contributed by atoms with Crippen molar-refractivity contribution in [1.29, 1.82) is 0 Å². The summed E-state index contributed by atoms with van der Waals surface area (Å²) in [6, 6.07) is 68.7. The second-order valence-electron chi connectivity index (χ2n) is 21.3.